The van der Waals surface area contributed by atoms with E-state index in [9.17, 15) is 4.79 Å². The molecule has 0 bridgehead atoms. The molecule has 1 atom stereocenters. The largest absolute Gasteiger partial charge is 0.381 e. The third-order valence-electron chi connectivity index (χ3n) is 2.21. The van der Waals surface area contributed by atoms with E-state index in [2.05, 4.69) is 12.1 Å². The second kappa shape index (κ2) is 6.33. The lowest BCUT2D eigenvalue weighted by Gasteiger charge is -2.13. The molecule has 0 aromatic heterocycles. The van der Waals surface area contributed by atoms with E-state index in [-0.39, 0.29) is 6.10 Å². The minimum atomic E-state index is 0.124. The molecule has 0 amide bonds. The molecule has 0 aliphatic rings. The lowest BCUT2D eigenvalue weighted by Crippen LogP contribution is -2.14. The quantitative estimate of drug-likeness (QED) is 0.688. The zero-order valence-electron chi connectivity index (χ0n) is 8.40. The zero-order valence-corrected chi connectivity index (χ0v) is 8.40. The predicted molar refractivity (Wildman–Crippen MR) is 55.9 cm³/mol. The van der Waals surface area contributed by atoms with Gasteiger partial charge in [-0.05, 0) is 18.4 Å². The van der Waals surface area contributed by atoms with Crippen LogP contribution in [0.25, 0.3) is 0 Å². The first-order valence-electron chi connectivity index (χ1n) is 4.78. The average molecular weight is 191 g/mol. The van der Waals surface area contributed by atoms with Crippen LogP contribution in [0.3, 0.4) is 0 Å². The Morgan fingerprint density at radius 2 is 2.07 bits per heavy atom. The molecule has 75 valence electrons. The summed E-state index contributed by atoms with van der Waals surface area (Å²) >= 11 is 0. The van der Waals surface area contributed by atoms with E-state index in [1.165, 1.54) is 5.56 Å². The highest BCUT2D eigenvalue weighted by Crippen LogP contribution is 2.09. The highest BCUT2D eigenvalue weighted by molar-refractivity contribution is 5.50. The van der Waals surface area contributed by atoms with E-state index in [0.717, 1.165) is 12.8 Å². The highest BCUT2D eigenvalue weighted by Gasteiger charge is 2.07. The van der Waals surface area contributed by atoms with Crippen molar-refractivity contribution in [1.29, 1.82) is 0 Å². The Hall–Kier alpha value is -1.15. The maximum Gasteiger partial charge on any atom is 0.198 e. The molecule has 0 saturated heterocycles. The van der Waals surface area contributed by atoms with Crippen LogP contribution in [0.15, 0.2) is 30.3 Å². The van der Waals surface area contributed by atoms with Crippen LogP contribution >= 0.6 is 0 Å². The molecule has 2 nitrogen and oxygen atoms in total. The van der Waals surface area contributed by atoms with Gasteiger partial charge < -0.3 is 4.74 Å². The van der Waals surface area contributed by atoms with Gasteiger partial charge in [0.25, 0.3) is 0 Å². The minimum absolute atomic E-state index is 0.124. The Bertz CT molecular complexity index is 256. The summed E-state index contributed by atoms with van der Waals surface area (Å²) in [5.74, 6) is 0. The van der Waals surface area contributed by atoms with E-state index < -0.39 is 0 Å². The Morgan fingerprint density at radius 3 is 2.64 bits per heavy atom. The molecule has 0 fully saturated rings. The first kappa shape index (κ1) is 10.9. The zero-order chi connectivity index (χ0) is 10.2. The molecule has 1 aromatic rings. The summed E-state index contributed by atoms with van der Waals surface area (Å²) in [4.78, 5) is 10.1. The van der Waals surface area contributed by atoms with Gasteiger partial charge in [-0.3, -0.25) is 4.79 Å². The number of hydrogen-bond acceptors (Lipinski definition) is 2. The molecule has 0 unspecified atom stereocenters. The Kier molecular flexibility index (Phi) is 4.94. The summed E-state index contributed by atoms with van der Waals surface area (Å²) in [7, 11) is 1.68. The van der Waals surface area contributed by atoms with Crippen molar-refractivity contribution in [2.45, 2.75) is 25.4 Å². The molecular weight excluding hydrogens is 176 g/mol. The van der Waals surface area contributed by atoms with Crippen molar-refractivity contribution in [1.82, 2.24) is 0 Å². The predicted octanol–water partition coefficient (Wildman–Crippen LogP) is 2.13. The van der Waals surface area contributed by atoms with Crippen LogP contribution < -0.4 is 0 Å². The summed E-state index contributed by atoms with van der Waals surface area (Å²) in [5.41, 5.74) is 1.24. The smallest absolute Gasteiger partial charge is 0.198 e. The molecule has 0 N–H and O–H groups in total. The van der Waals surface area contributed by atoms with Gasteiger partial charge >= 0.3 is 0 Å². The van der Waals surface area contributed by atoms with Crippen molar-refractivity contribution in [3.63, 3.8) is 0 Å². The van der Waals surface area contributed by atoms with E-state index >= 15 is 0 Å². The first-order valence-corrected chi connectivity index (χ1v) is 4.78. The molecular formula is C12H15O2. The van der Waals surface area contributed by atoms with Crippen molar-refractivity contribution >= 4 is 6.29 Å². The maximum absolute atomic E-state index is 10.1. The SMILES string of the molecule is CO[C@H](CC[C]=O)Cc1ccccc1. The first-order chi connectivity index (χ1) is 6.86. The Morgan fingerprint density at radius 1 is 1.36 bits per heavy atom. The molecule has 0 aliphatic heterocycles. The second-order valence-corrected chi connectivity index (χ2v) is 3.23. The molecule has 0 saturated carbocycles. The van der Waals surface area contributed by atoms with Crippen LogP contribution in [0.2, 0.25) is 0 Å². The fourth-order valence-corrected chi connectivity index (χ4v) is 1.40. The van der Waals surface area contributed by atoms with Crippen molar-refractivity contribution in [2.75, 3.05) is 7.11 Å². The van der Waals surface area contributed by atoms with Gasteiger partial charge in [0.15, 0.2) is 6.29 Å². The van der Waals surface area contributed by atoms with Crippen LogP contribution in [0.5, 0.6) is 0 Å². The molecule has 2 heteroatoms. The summed E-state index contributed by atoms with van der Waals surface area (Å²) in [6, 6.07) is 10.1. The molecule has 14 heavy (non-hydrogen) atoms. The molecule has 1 aromatic carbocycles. The number of ether oxygens (including phenoxy) is 1. The third-order valence-corrected chi connectivity index (χ3v) is 2.21. The van der Waals surface area contributed by atoms with Crippen molar-refractivity contribution < 1.29 is 9.53 Å². The van der Waals surface area contributed by atoms with Crippen LogP contribution in [0.4, 0.5) is 0 Å². The Balaban J connectivity index is 2.44. The molecule has 0 spiro atoms. The topological polar surface area (TPSA) is 26.3 Å². The van der Waals surface area contributed by atoms with Crippen LogP contribution in [-0.2, 0) is 16.0 Å². The maximum atomic E-state index is 10.1. The summed E-state index contributed by atoms with van der Waals surface area (Å²) in [6.45, 7) is 0. The summed E-state index contributed by atoms with van der Waals surface area (Å²) in [6.07, 6.45) is 4.07. The van der Waals surface area contributed by atoms with Crippen LogP contribution in [0.1, 0.15) is 18.4 Å². The fourth-order valence-electron chi connectivity index (χ4n) is 1.40. The Labute approximate surface area is 84.9 Å². The van der Waals surface area contributed by atoms with Crippen LogP contribution in [-0.4, -0.2) is 19.5 Å². The molecule has 1 rings (SSSR count). The van der Waals surface area contributed by atoms with Gasteiger partial charge in [0, 0.05) is 13.5 Å². The van der Waals surface area contributed by atoms with Gasteiger partial charge in [-0.25, -0.2) is 0 Å². The summed E-state index contributed by atoms with van der Waals surface area (Å²) < 4.78 is 5.28. The standard InChI is InChI=1S/C12H15O2/c1-14-12(8-5-9-13)10-11-6-3-2-4-7-11/h2-4,6-7,12H,5,8,10H2,1H3/t12-/m1/s1. The van der Waals surface area contributed by atoms with Crippen molar-refractivity contribution in [3.8, 4) is 0 Å². The fraction of sp³-hybridized carbons (Fsp3) is 0.417. The molecule has 0 heterocycles. The summed E-state index contributed by atoms with van der Waals surface area (Å²) in [5, 5.41) is 0. The monoisotopic (exact) mass is 191 g/mol. The molecule has 1 radical (unpaired) electrons. The normalized spacial score (nSPS) is 12.4. The third kappa shape index (κ3) is 3.71. The number of carbonyl (C=O) groups excluding carboxylic acids is 1. The lowest BCUT2D eigenvalue weighted by molar-refractivity contribution is 0.0972. The average Bonchev–Trinajstić information content (AvgIpc) is 2.25. The van der Waals surface area contributed by atoms with Gasteiger partial charge in [-0.15, -0.1) is 0 Å². The highest BCUT2D eigenvalue weighted by atomic mass is 16.5. The number of hydrogen-bond donors (Lipinski definition) is 0. The van der Waals surface area contributed by atoms with Gasteiger partial charge in [0.1, 0.15) is 0 Å². The minimum Gasteiger partial charge on any atom is -0.381 e. The van der Waals surface area contributed by atoms with Gasteiger partial charge in [-0.2, -0.15) is 0 Å². The van der Waals surface area contributed by atoms with Gasteiger partial charge in [0.05, 0.1) is 6.10 Å². The van der Waals surface area contributed by atoms with E-state index in [1.54, 1.807) is 7.11 Å². The number of methoxy groups -OCH3 is 1. The van der Waals surface area contributed by atoms with Gasteiger partial charge in [0.2, 0.25) is 0 Å². The molecule has 0 aliphatic carbocycles. The van der Waals surface area contributed by atoms with E-state index in [1.807, 2.05) is 24.5 Å². The van der Waals surface area contributed by atoms with E-state index in [4.69, 9.17) is 4.74 Å². The van der Waals surface area contributed by atoms with Gasteiger partial charge in [-0.1, -0.05) is 30.3 Å². The van der Waals surface area contributed by atoms with E-state index in [0.29, 0.717) is 6.42 Å². The second-order valence-electron chi connectivity index (χ2n) is 3.23. The van der Waals surface area contributed by atoms with Crippen molar-refractivity contribution in [3.05, 3.63) is 35.9 Å². The van der Waals surface area contributed by atoms with Crippen LogP contribution in [0, 0.1) is 0 Å². The lowest BCUT2D eigenvalue weighted by atomic mass is 10.0. The van der Waals surface area contributed by atoms with Crippen molar-refractivity contribution in [2.24, 2.45) is 0 Å². The number of benzene rings is 1. The number of rotatable bonds is 6.